The van der Waals surface area contributed by atoms with E-state index in [-0.39, 0.29) is 5.78 Å². The average Bonchev–Trinajstić information content (AvgIpc) is 2.89. The topological polar surface area (TPSA) is 37.7 Å². The fraction of sp³-hybridized carbons (Fsp3) is 0.722. The Morgan fingerprint density at radius 2 is 2.17 bits per heavy atom. The third-order valence-corrected chi connectivity index (χ3v) is 5.22. The minimum absolute atomic E-state index is 0.139. The van der Waals surface area contributed by atoms with Gasteiger partial charge < -0.3 is 9.30 Å². The molecule has 0 spiro atoms. The van der Waals surface area contributed by atoms with Crippen LogP contribution in [0.1, 0.15) is 42.7 Å². The van der Waals surface area contributed by atoms with Gasteiger partial charge in [0.25, 0.3) is 0 Å². The highest BCUT2D eigenvalue weighted by atomic mass is 16.5. The number of Topliss-reactive ketones (excluding diaryl/α,β-unsaturated/α-hetero) is 1. The molecule has 2 aliphatic heterocycles. The van der Waals surface area contributed by atoms with Crippen LogP contribution in [-0.4, -0.2) is 65.1 Å². The van der Waals surface area contributed by atoms with Crippen LogP contribution in [0.3, 0.4) is 0 Å². The van der Waals surface area contributed by atoms with E-state index in [1.54, 1.807) is 6.92 Å². The van der Waals surface area contributed by atoms with Crippen LogP contribution in [0.2, 0.25) is 0 Å². The maximum Gasteiger partial charge on any atom is 0.161 e. The number of nitrogens with zero attached hydrogens (tertiary/aromatic N) is 3. The maximum absolute atomic E-state index is 11.5. The largest absolute Gasteiger partial charge is 0.378 e. The summed E-state index contributed by atoms with van der Waals surface area (Å²) in [6.45, 7) is 9.81. The molecule has 3 heterocycles. The van der Waals surface area contributed by atoms with Crippen LogP contribution in [-0.2, 0) is 18.3 Å². The van der Waals surface area contributed by atoms with Crippen molar-refractivity contribution in [2.24, 2.45) is 7.05 Å². The summed E-state index contributed by atoms with van der Waals surface area (Å²) in [5, 5.41) is 0. The predicted molar refractivity (Wildman–Crippen MR) is 90.7 cm³/mol. The summed E-state index contributed by atoms with van der Waals surface area (Å²) in [7, 11) is 2.03. The Morgan fingerprint density at radius 3 is 2.87 bits per heavy atom. The molecule has 1 aromatic heterocycles. The number of ether oxygens (including phenoxy) is 1. The first-order chi connectivity index (χ1) is 11.1. The second-order valence-electron chi connectivity index (χ2n) is 6.99. The normalized spacial score (nSPS) is 26.2. The van der Waals surface area contributed by atoms with Crippen LogP contribution >= 0.6 is 0 Å². The predicted octanol–water partition coefficient (Wildman–Crippen LogP) is 1.91. The van der Waals surface area contributed by atoms with Gasteiger partial charge >= 0.3 is 0 Å². The lowest BCUT2D eigenvalue weighted by molar-refractivity contribution is -0.0842. The molecule has 0 bridgehead atoms. The summed E-state index contributed by atoms with van der Waals surface area (Å²) in [6, 6.07) is 3.15. The van der Waals surface area contributed by atoms with E-state index >= 15 is 0 Å². The van der Waals surface area contributed by atoms with Gasteiger partial charge in [0, 0.05) is 62.8 Å². The highest BCUT2D eigenvalue weighted by Crippen LogP contribution is 2.22. The minimum Gasteiger partial charge on any atom is -0.378 e. The van der Waals surface area contributed by atoms with Crippen molar-refractivity contribution in [3.05, 3.63) is 23.5 Å². The molecule has 0 aromatic carbocycles. The first-order valence-electron chi connectivity index (χ1n) is 8.80. The fourth-order valence-electron chi connectivity index (χ4n) is 3.91. The van der Waals surface area contributed by atoms with E-state index in [2.05, 4.69) is 21.3 Å². The van der Waals surface area contributed by atoms with Crippen molar-refractivity contribution in [3.63, 3.8) is 0 Å². The van der Waals surface area contributed by atoms with Crippen molar-refractivity contribution >= 4 is 5.78 Å². The lowest BCUT2D eigenvalue weighted by Gasteiger charge is -2.48. The molecule has 3 rings (SSSR count). The Morgan fingerprint density at radius 1 is 1.35 bits per heavy atom. The molecule has 0 aliphatic carbocycles. The number of hydrogen-bond donors (Lipinski definition) is 0. The number of fused-ring (bicyclic) bond motifs is 1. The number of piperazine rings is 1. The Labute approximate surface area is 139 Å². The molecule has 5 nitrogen and oxygen atoms in total. The number of carbonyl (C=O) groups is 1. The SMILES string of the molecule is CCC[C@H]1COC[C@H]2CN(Cc3cc(C(C)=O)cn3C)CCN12. The van der Waals surface area contributed by atoms with Gasteiger partial charge in [0.15, 0.2) is 5.78 Å². The van der Waals surface area contributed by atoms with Gasteiger partial charge in [-0.1, -0.05) is 13.3 Å². The summed E-state index contributed by atoms with van der Waals surface area (Å²) >= 11 is 0. The van der Waals surface area contributed by atoms with Gasteiger partial charge in [-0.25, -0.2) is 0 Å². The maximum atomic E-state index is 11.5. The molecule has 2 atom stereocenters. The Hall–Kier alpha value is -1.17. The second-order valence-corrected chi connectivity index (χ2v) is 6.99. The first-order valence-corrected chi connectivity index (χ1v) is 8.80. The highest BCUT2D eigenvalue weighted by Gasteiger charge is 2.35. The third kappa shape index (κ3) is 3.67. The van der Waals surface area contributed by atoms with E-state index in [0.29, 0.717) is 12.1 Å². The van der Waals surface area contributed by atoms with Crippen LogP contribution in [0, 0.1) is 0 Å². The highest BCUT2D eigenvalue weighted by molar-refractivity contribution is 5.94. The van der Waals surface area contributed by atoms with Crippen molar-refractivity contribution in [1.29, 1.82) is 0 Å². The molecule has 23 heavy (non-hydrogen) atoms. The van der Waals surface area contributed by atoms with Crippen LogP contribution in [0.15, 0.2) is 12.3 Å². The number of aryl methyl sites for hydroxylation is 1. The molecule has 2 aliphatic rings. The van der Waals surface area contributed by atoms with Crippen LogP contribution < -0.4 is 0 Å². The second kappa shape index (κ2) is 7.16. The van der Waals surface area contributed by atoms with Gasteiger partial charge in [0.2, 0.25) is 0 Å². The van der Waals surface area contributed by atoms with Crippen molar-refractivity contribution in [3.8, 4) is 0 Å². The Bertz CT molecular complexity index is 552. The fourth-order valence-corrected chi connectivity index (χ4v) is 3.91. The number of ketones is 1. The molecule has 0 saturated carbocycles. The molecule has 5 heteroatoms. The van der Waals surface area contributed by atoms with Crippen molar-refractivity contribution in [2.75, 3.05) is 32.8 Å². The first kappa shape index (κ1) is 16.7. The number of aromatic nitrogens is 1. The molecular formula is C18H29N3O2. The van der Waals surface area contributed by atoms with Gasteiger partial charge in [-0.05, 0) is 19.4 Å². The van der Waals surface area contributed by atoms with Gasteiger partial charge in [0.05, 0.1) is 13.2 Å². The summed E-state index contributed by atoms with van der Waals surface area (Å²) < 4.78 is 7.93. The van der Waals surface area contributed by atoms with Gasteiger partial charge in [-0.15, -0.1) is 0 Å². The molecule has 0 amide bonds. The smallest absolute Gasteiger partial charge is 0.161 e. The molecule has 128 valence electrons. The summed E-state index contributed by atoms with van der Waals surface area (Å²) in [4.78, 5) is 16.7. The monoisotopic (exact) mass is 319 g/mol. The lowest BCUT2D eigenvalue weighted by Crippen LogP contribution is -2.61. The zero-order valence-corrected chi connectivity index (χ0v) is 14.6. The van der Waals surface area contributed by atoms with Crippen molar-refractivity contribution in [1.82, 2.24) is 14.4 Å². The number of hydrogen-bond acceptors (Lipinski definition) is 4. The van der Waals surface area contributed by atoms with Gasteiger partial charge in [0.1, 0.15) is 0 Å². The van der Waals surface area contributed by atoms with Crippen LogP contribution in [0.4, 0.5) is 0 Å². The standard InChI is InChI=1S/C18H29N3O2/c1-4-5-16-12-23-13-18-11-20(6-7-21(16)18)10-17-8-15(14(2)22)9-19(17)3/h8-9,16,18H,4-7,10-13H2,1-3H3/t16-,18+/m0/s1. The molecule has 0 N–H and O–H groups in total. The quantitative estimate of drug-likeness (QED) is 0.777. The molecule has 0 unspecified atom stereocenters. The van der Waals surface area contributed by atoms with E-state index in [4.69, 9.17) is 4.74 Å². The van der Waals surface area contributed by atoms with E-state index in [0.717, 1.165) is 45.0 Å². The Balaban J connectivity index is 1.62. The van der Waals surface area contributed by atoms with Gasteiger partial charge in [-0.2, -0.15) is 0 Å². The number of rotatable bonds is 5. The summed E-state index contributed by atoms with van der Waals surface area (Å²) in [5.41, 5.74) is 2.02. The molecule has 2 fully saturated rings. The summed E-state index contributed by atoms with van der Waals surface area (Å²) in [6.07, 6.45) is 4.39. The van der Waals surface area contributed by atoms with E-state index in [9.17, 15) is 4.79 Å². The van der Waals surface area contributed by atoms with Crippen LogP contribution in [0.5, 0.6) is 0 Å². The van der Waals surface area contributed by atoms with Gasteiger partial charge in [-0.3, -0.25) is 14.6 Å². The molecule has 0 radical (unpaired) electrons. The van der Waals surface area contributed by atoms with Crippen LogP contribution in [0.25, 0.3) is 0 Å². The molecule has 1 aromatic rings. The minimum atomic E-state index is 0.139. The third-order valence-electron chi connectivity index (χ3n) is 5.22. The average molecular weight is 319 g/mol. The molecular weight excluding hydrogens is 290 g/mol. The van der Waals surface area contributed by atoms with E-state index in [1.807, 2.05) is 19.3 Å². The zero-order chi connectivity index (χ0) is 16.4. The lowest BCUT2D eigenvalue weighted by atomic mass is 10.0. The zero-order valence-electron chi connectivity index (χ0n) is 14.6. The van der Waals surface area contributed by atoms with E-state index < -0.39 is 0 Å². The van der Waals surface area contributed by atoms with Crippen molar-refractivity contribution in [2.45, 2.75) is 45.3 Å². The molecule has 2 saturated heterocycles. The summed E-state index contributed by atoms with van der Waals surface area (Å²) in [5.74, 6) is 0.139. The number of morpholine rings is 1. The number of carbonyl (C=O) groups excluding carboxylic acids is 1. The van der Waals surface area contributed by atoms with Crippen molar-refractivity contribution < 1.29 is 9.53 Å². The Kier molecular flexibility index (Phi) is 5.19. The van der Waals surface area contributed by atoms with E-state index in [1.165, 1.54) is 18.5 Å².